The third-order valence-corrected chi connectivity index (χ3v) is 5.47. The van der Waals surface area contributed by atoms with Crippen molar-refractivity contribution in [2.45, 2.75) is 17.5 Å². The summed E-state index contributed by atoms with van der Waals surface area (Å²) in [5, 5.41) is 5.14. The molecule has 0 spiro atoms. The Labute approximate surface area is 155 Å². The quantitative estimate of drug-likeness (QED) is 0.668. The number of hydrogen-bond donors (Lipinski definition) is 2. The van der Waals surface area contributed by atoms with Crippen LogP contribution in [0.3, 0.4) is 0 Å². The molecule has 2 aromatic carbocycles. The molecule has 2 aromatic rings. The molecule has 0 aliphatic rings. The fourth-order valence-electron chi connectivity index (χ4n) is 2.29. The molecule has 0 atom stereocenters. The minimum Gasteiger partial charge on any atom is -0.376 e. The number of benzene rings is 2. The van der Waals surface area contributed by atoms with Crippen LogP contribution in [0.1, 0.15) is 12.0 Å². The molecule has 146 valence electrons. The largest absolute Gasteiger partial charge is 0.416 e. The number of anilines is 1. The standard InChI is InChI=1S/C18H19F3N2O3S/c19-18(20,21)14-6-4-7-15(12-14)23-13-17(24)22-10-5-11-27(25,26)16-8-2-1-3-9-16/h1-4,6-9,12,23H,5,10-11,13H2,(H,22,24). The monoisotopic (exact) mass is 400 g/mol. The van der Waals surface area contributed by atoms with Gasteiger partial charge in [0.2, 0.25) is 5.91 Å². The van der Waals surface area contributed by atoms with E-state index < -0.39 is 27.5 Å². The van der Waals surface area contributed by atoms with Crippen LogP contribution in [0.2, 0.25) is 0 Å². The maximum atomic E-state index is 12.6. The Morgan fingerprint density at radius 3 is 2.37 bits per heavy atom. The predicted octanol–water partition coefficient (Wildman–Crippen LogP) is 3.10. The second-order valence-electron chi connectivity index (χ2n) is 5.77. The van der Waals surface area contributed by atoms with Crippen molar-refractivity contribution in [2.75, 3.05) is 24.2 Å². The van der Waals surface area contributed by atoms with Gasteiger partial charge in [-0.2, -0.15) is 13.2 Å². The van der Waals surface area contributed by atoms with Crippen LogP contribution >= 0.6 is 0 Å². The first-order valence-corrected chi connectivity index (χ1v) is 9.79. The summed E-state index contributed by atoms with van der Waals surface area (Å²) in [5.41, 5.74) is -0.634. The average Bonchev–Trinajstić information content (AvgIpc) is 2.64. The first-order chi connectivity index (χ1) is 12.7. The van der Waals surface area contributed by atoms with Gasteiger partial charge in [0.25, 0.3) is 0 Å². The van der Waals surface area contributed by atoms with Crippen molar-refractivity contribution in [1.29, 1.82) is 0 Å². The highest BCUT2D eigenvalue weighted by atomic mass is 32.2. The second kappa shape index (κ2) is 8.90. The highest BCUT2D eigenvalue weighted by molar-refractivity contribution is 7.91. The molecule has 5 nitrogen and oxygen atoms in total. The Morgan fingerprint density at radius 2 is 1.70 bits per heavy atom. The van der Waals surface area contributed by atoms with Gasteiger partial charge in [-0.3, -0.25) is 4.79 Å². The molecule has 27 heavy (non-hydrogen) atoms. The molecule has 0 unspecified atom stereocenters. The van der Waals surface area contributed by atoms with Crippen molar-refractivity contribution < 1.29 is 26.4 Å². The van der Waals surface area contributed by atoms with E-state index in [1.165, 1.54) is 24.3 Å². The fourth-order valence-corrected chi connectivity index (χ4v) is 3.62. The highest BCUT2D eigenvalue weighted by Crippen LogP contribution is 2.30. The van der Waals surface area contributed by atoms with Gasteiger partial charge >= 0.3 is 6.18 Å². The lowest BCUT2D eigenvalue weighted by molar-refractivity contribution is -0.137. The maximum absolute atomic E-state index is 12.6. The molecule has 0 fully saturated rings. The number of halogens is 3. The van der Waals surface area contributed by atoms with Crippen LogP contribution in [0.15, 0.2) is 59.5 Å². The van der Waals surface area contributed by atoms with Crippen molar-refractivity contribution in [3.8, 4) is 0 Å². The van der Waals surface area contributed by atoms with Crippen molar-refractivity contribution in [3.63, 3.8) is 0 Å². The molecule has 0 aliphatic carbocycles. The molecule has 2 N–H and O–H groups in total. The zero-order chi connectivity index (χ0) is 19.9. The third-order valence-electron chi connectivity index (χ3n) is 3.66. The molecule has 2 rings (SSSR count). The molecule has 0 aromatic heterocycles. The lowest BCUT2D eigenvalue weighted by Crippen LogP contribution is -2.31. The Morgan fingerprint density at radius 1 is 1.00 bits per heavy atom. The summed E-state index contributed by atoms with van der Waals surface area (Å²) in [6, 6.07) is 12.5. The van der Waals surface area contributed by atoms with Crippen LogP contribution in [0.4, 0.5) is 18.9 Å². The van der Waals surface area contributed by atoms with Gasteiger partial charge in [-0.1, -0.05) is 24.3 Å². The van der Waals surface area contributed by atoms with Crippen molar-refractivity contribution in [3.05, 3.63) is 60.2 Å². The van der Waals surface area contributed by atoms with Gasteiger partial charge in [0.1, 0.15) is 0 Å². The van der Waals surface area contributed by atoms with E-state index in [2.05, 4.69) is 10.6 Å². The van der Waals surface area contributed by atoms with Gasteiger partial charge in [0, 0.05) is 12.2 Å². The number of nitrogens with one attached hydrogen (secondary N) is 2. The van der Waals surface area contributed by atoms with Gasteiger partial charge in [-0.15, -0.1) is 0 Å². The number of carbonyl (C=O) groups excluding carboxylic acids is 1. The molecule has 0 radical (unpaired) electrons. The van der Waals surface area contributed by atoms with Crippen LogP contribution in [0, 0.1) is 0 Å². The molecule has 0 saturated carbocycles. The van der Waals surface area contributed by atoms with E-state index >= 15 is 0 Å². The summed E-state index contributed by atoms with van der Waals surface area (Å²) < 4.78 is 62.1. The van der Waals surface area contributed by atoms with E-state index in [0.29, 0.717) is 0 Å². The second-order valence-corrected chi connectivity index (χ2v) is 7.88. The Hall–Kier alpha value is -2.55. The molecule has 0 heterocycles. The summed E-state index contributed by atoms with van der Waals surface area (Å²) >= 11 is 0. The maximum Gasteiger partial charge on any atom is 0.416 e. The number of alkyl halides is 3. The number of rotatable bonds is 8. The van der Waals surface area contributed by atoms with Gasteiger partial charge in [0.05, 0.1) is 22.8 Å². The lowest BCUT2D eigenvalue weighted by Gasteiger charge is -2.11. The molecule has 9 heteroatoms. The summed E-state index contributed by atoms with van der Waals surface area (Å²) in [6.07, 6.45) is -4.23. The van der Waals surface area contributed by atoms with Crippen molar-refractivity contribution >= 4 is 21.4 Å². The minimum absolute atomic E-state index is 0.113. The summed E-state index contributed by atoms with van der Waals surface area (Å²) in [4.78, 5) is 12.0. The number of sulfone groups is 1. The van der Waals surface area contributed by atoms with Gasteiger partial charge in [-0.25, -0.2) is 8.42 Å². The van der Waals surface area contributed by atoms with Crippen LogP contribution in [-0.4, -0.2) is 33.2 Å². The van der Waals surface area contributed by atoms with E-state index in [1.807, 2.05) is 0 Å². The normalized spacial score (nSPS) is 11.8. The van der Waals surface area contributed by atoms with Crippen LogP contribution in [0.25, 0.3) is 0 Å². The molecule has 1 amide bonds. The van der Waals surface area contributed by atoms with Crippen LogP contribution in [-0.2, 0) is 20.8 Å². The summed E-state index contributed by atoms with van der Waals surface area (Å²) in [6.45, 7) is -0.0675. The fraction of sp³-hybridized carbons (Fsp3) is 0.278. The zero-order valence-electron chi connectivity index (χ0n) is 14.3. The van der Waals surface area contributed by atoms with E-state index in [0.717, 1.165) is 12.1 Å². The SMILES string of the molecule is O=C(CNc1cccc(C(F)(F)F)c1)NCCCS(=O)(=O)c1ccccc1. The third kappa shape index (κ3) is 6.59. The van der Waals surface area contributed by atoms with Gasteiger partial charge in [-0.05, 0) is 36.8 Å². The Kier molecular flexibility index (Phi) is 6.84. The van der Waals surface area contributed by atoms with Gasteiger partial charge < -0.3 is 10.6 Å². The zero-order valence-corrected chi connectivity index (χ0v) is 15.1. The van der Waals surface area contributed by atoms with Crippen LogP contribution in [0.5, 0.6) is 0 Å². The highest BCUT2D eigenvalue weighted by Gasteiger charge is 2.30. The minimum atomic E-state index is -4.45. The van der Waals surface area contributed by atoms with E-state index in [4.69, 9.17) is 0 Å². The molecule has 0 bridgehead atoms. The van der Waals surface area contributed by atoms with E-state index in [1.54, 1.807) is 18.2 Å². The number of carbonyl (C=O) groups is 1. The lowest BCUT2D eigenvalue weighted by atomic mass is 10.2. The predicted molar refractivity (Wildman–Crippen MR) is 96.1 cm³/mol. The van der Waals surface area contributed by atoms with Crippen molar-refractivity contribution in [1.82, 2.24) is 5.32 Å². The Bertz CT molecular complexity index is 869. The smallest absolute Gasteiger partial charge is 0.376 e. The molecule has 0 saturated heterocycles. The van der Waals surface area contributed by atoms with Crippen LogP contribution < -0.4 is 10.6 Å². The van der Waals surface area contributed by atoms with E-state index in [-0.39, 0.29) is 35.8 Å². The first kappa shape index (κ1) is 20.8. The topological polar surface area (TPSA) is 75.3 Å². The number of amides is 1. The molecular formula is C18H19F3N2O3S. The summed E-state index contributed by atoms with van der Waals surface area (Å²) in [7, 11) is -3.41. The number of hydrogen-bond acceptors (Lipinski definition) is 4. The average molecular weight is 400 g/mol. The van der Waals surface area contributed by atoms with E-state index in [9.17, 15) is 26.4 Å². The Balaban J connectivity index is 1.74. The first-order valence-electron chi connectivity index (χ1n) is 8.14. The van der Waals surface area contributed by atoms with Gasteiger partial charge in [0.15, 0.2) is 9.84 Å². The molecule has 0 aliphatic heterocycles. The molecular weight excluding hydrogens is 381 g/mol. The summed E-state index contributed by atoms with van der Waals surface area (Å²) in [5.74, 6) is -0.553. The van der Waals surface area contributed by atoms with Crippen molar-refractivity contribution in [2.24, 2.45) is 0 Å².